The Bertz CT molecular complexity index is 117. The molecule has 11 heavy (non-hydrogen) atoms. The van der Waals surface area contributed by atoms with E-state index in [1.165, 1.54) is 6.92 Å². The lowest BCUT2D eigenvalue weighted by Crippen LogP contribution is -2.25. The maximum absolute atomic E-state index is 10.4. The first kappa shape index (κ1) is 10.4. The monoisotopic (exact) mass is 160 g/mol. The summed E-state index contributed by atoms with van der Waals surface area (Å²) in [5.74, 6) is -0.328. The van der Waals surface area contributed by atoms with Gasteiger partial charge in [-0.1, -0.05) is 0 Å². The van der Waals surface area contributed by atoms with E-state index in [9.17, 15) is 4.79 Å². The summed E-state index contributed by atoms with van der Waals surface area (Å²) in [5, 5.41) is 0. The van der Waals surface area contributed by atoms with Crippen LogP contribution in [0, 0.1) is 0 Å². The number of unbranched alkanes of at least 4 members (excludes halogenated alkanes) is 1. The quantitative estimate of drug-likeness (QED) is 0.336. The fourth-order valence-electron chi connectivity index (χ4n) is 0.762. The zero-order valence-electron chi connectivity index (χ0n) is 6.88. The first-order chi connectivity index (χ1) is 5.16. The van der Waals surface area contributed by atoms with E-state index in [0.29, 0.717) is 13.0 Å². The molecule has 0 saturated heterocycles. The van der Waals surface area contributed by atoms with Crippen molar-refractivity contribution in [3.63, 3.8) is 0 Å². The molecule has 4 nitrogen and oxygen atoms in total. The van der Waals surface area contributed by atoms with Crippen molar-refractivity contribution in [1.29, 1.82) is 0 Å². The SMILES string of the molecule is CC(=O)OC(N)CCCCN. The first-order valence-corrected chi connectivity index (χ1v) is 3.79. The Balaban J connectivity index is 3.22. The molecule has 0 radical (unpaired) electrons. The minimum atomic E-state index is -0.459. The molecule has 1 unspecified atom stereocenters. The second-order valence-corrected chi connectivity index (χ2v) is 2.43. The topological polar surface area (TPSA) is 78.3 Å². The summed E-state index contributed by atoms with van der Waals surface area (Å²) in [6.45, 7) is 2.01. The van der Waals surface area contributed by atoms with Crippen molar-refractivity contribution >= 4 is 5.97 Å². The van der Waals surface area contributed by atoms with E-state index in [2.05, 4.69) is 0 Å². The van der Waals surface area contributed by atoms with Crippen molar-refractivity contribution in [3.8, 4) is 0 Å². The van der Waals surface area contributed by atoms with Gasteiger partial charge in [0.15, 0.2) is 6.23 Å². The Morgan fingerprint density at radius 3 is 2.64 bits per heavy atom. The van der Waals surface area contributed by atoms with Gasteiger partial charge in [0, 0.05) is 6.92 Å². The number of ether oxygens (including phenoxy) is 1. The highest BCUT2D eigenvalue weighted by molar-refractivity contribution is 5.66. The number of hydrogen-bond acceptors (Lipinski definition) is 4. The third-order valence-electron chi connectivity index (χ3n) is 1.26. The molecule has 0 amide bonds. The highest BCUT2D eigenvalue weighted by Gasteiger charge is 2.03. The number of rotatable bonds is 5. The van der Waals surface area contributed by atoms with Crippen LogP contribution in [0.1, 0.15) is 26.2 Å². The molecule has 0 bridgehead atoms. The molecule has 4 N–H and O–H groups in total. The molecule has 0 saturated carbocycles. The highest BCUT2D eigenvalue weighted by atomic mass is 16.5. The van der Waals surface area contributed by atoms with Gasteiger partial charge in [0.05, 0.1) is 0 Å². The van der Waals surface area contributed by atoms with E-state index in [-0.39, 0.29) is 5.97 Å². The molecule has 0 aliphatic rings. The first-order valence-electron chi connectivity index (χ1n) is 3.79. The number of nitrogens with two attached hydrogens (primary N) is 2. The zero-order valence-corrected chi connectivity index (χ0v) is 6.88. The van der Waals surface area contributed by atoms with Gasteiger partial charge in [0.25, 0.3) is 0 Å². The van der Waals surface area contributed by atoms with Crippen LogP contribution >= 0.6 is 0 Å². The summed E-state index contributed by atoms with van der Waals surface area (Å²) < 4.78 is 4.69. The van der Waals surface area contributed by atoms with Crippen molar-refractivity contribution in [1.82, 2.24) is 0 Å². The minimum Gasteiger partial charge on any atom is -0.447 e. The van der Waals surface area contributed by atoms with Crippen LogP contribution < -0.4 is 11.5 Å². The summed E-state index contributed by atoms with van der Waals surface area (Å²) in [7, 11) is 0. The zero-order chi connectivity index (χ0) is 8.69. The van der Waals surface area contributed by atoms with Crippen LogP contribution in [-0.2, 0) is 9.53 Å². The van der Waals surface area contributed by atoms with Gasteiger partial charge in [-0.2, -0.15) is 0 Å². The standard InChI is InChI=1S/C7H16N2O2/c1-6(10)11-7(9)4-2-3-5-8/h7H,2-5,8-9H2,1H3. The summed E-state index contributed by atoms with van der Waals surface area (Å²) in [5.41, 5.74) is 10.7. The Hall–Kier alpha value is -0.610. The molecule has 0 aromatic heterocycles. The molecule has 66 valence electrons. The molecule has 0 aliphatic heterocycles. The number of esters is 1. The number of hydrogen-bond donors (Lipinski definition) is 2. The van der Waals surface area contributed by atoms with Crippen molar-refractivity contribution in [2.24, 2.45) is 11.5 Å². The van der Waals surface area contributed by atoms with Gasteiger partial charge in [-0.15, -0.1) is 0 Å². The minimum absolute atomic E-state index is 0.328. The van der Waals surface area contributed by atoms with E-state index >= 15 is 0 Å². The predicted molar refractivity (Wildman–Crippen MR) is 42.6 cm³/mol. The van der Waals surface area contributed by atoms with Crippen LogP contribution in [0.15, 0.2) is 0 Å². The average molecular weight is 160 g/mol. The summed E-state index contributed by atoms with van der Waals surface area (Å²) in [6.07, 6.45) is 2.07. The van der Waals surface area contributed by atoms with Gasteiger partial charge in [-0.3, -0.25) is 10.5 Å². The van der Waals surface area contributed by atoms with Crippen LogP contribution in [-0.4, -0.2) is 18.7 Å². The van der Waals surface area contributed by atoms with Gasteiger partial charge >= 0.3 is 5.97 Å². The van der Waals surface area contributed by atoms with E-state index < -0.39 is 6.23 Å². The van der Waals surface area contributed by atoms with Crippen LogP contribution in [0.3, 0.4) is 0 Å². The van der Waals surface area contributed by atoms with E-state index in [1.807, 2.05) is 0 Å². The van der Waals surface area contributed by atoms with Gasteiger partial charge in [0.1, 0.15) is 0 Å². The second kappa shape index (κ2) is 6.12. The van der Waals surface area contributed by atoms with Gasteiger partial charge in [0.2, 0.25) is 0 Å². The molecule has 0 aliphatic carbocycles. The summed E-state index contributed by atoms with van der Waals surface area (Å²) in [6, 6.07) is 0. The predicted octanol–water partition coefficient (Wildman–Crippen LogP) is -0.0367. The van der Waals surface area contributed by atoms with Gasteiger partial charge in [-0.25, -0.2) is 0 Å². The number of carbonyl (C=O) groups excluding carboxylic acids is 1. The van der Waals surface area contributed by atoms with Gasteiger partial charge in [-0.05, 0) is 25.8 Å². The molecule has 0 fully saturated rings. The molecule has 0 rings (SSSR count). The molecular formula is C7H16N2O2. The maximum Gasteiger partial charge on any atom is 0.304 e. The van der Waals surface area contributed by atoms with Crippen molar-refractivity contribution < 1.29 is 9.53 Å². The van der Waals surface area contributed by atoms with Gasteiger partial charge < -0.3 is 10.5 Å². The molecule has 1 atom stereocenters. The van der Waals surface area contributed by atoms with Crippen LogP contribution in [0.25, 0.3) is 0 Å². The largest absolute Gasteiger partial charge is 0.447 e. The van der Waals surface area contributed by atoms with Crippen LogP contribution in [0.2, 0.25) is 0 Å². The normalized spacial score (nSPS) is 12.6. The molecular weight excluding hydrogens is 144 g/mol. The van der Waals surface area contributed by atoms with Crippen LogP contribution in [0.5, 0.6) is 0 Å². The third-order valence-corrected chi connectivity index (χ3v) is 1.26. The Labute approximate surface area is 66.9 Å². The van der Waals surface area contributed by atoms with Crippen molar-refractivity contribution in [2.45, 2.75) is 32.4 Å². The molecule has 0 spiro atoms. The summed E-state index contributed by atoms with van der Waals surface area (Å²) >= 11 is 0. The summed E-state index contributed by atoms with van der Waals surface area (Å²) in [4.78, 5) is 10.4. The molecule has 4 heteroatoms. The Kier molecular flexibility index (Phi) is 5.78. The third kappa shape index (κ3) is 7.29. The smallest absolute Gasteiger partial charge is 0.304 e. The van der Waals surface area contributed by atoms with Crippen molar-refractivity contribution in [3.05, 3.63) is 0 Å². The fraction of sp³-hybridized carbons (Fsp3) is 0.857. The lowest BCUT2D eigenvalue weighted by molar-refractivity contribution is -0.146. The molecule has 0 aromatic rings. The lowest BCUT2D eigenvalue weighted by atomic mass is 10.2. The Morgan fingerprint density at radius 2 is 2.18 bits per heavy atom. The van der Waals surface area contributed by atoms with Crippen molar-refractivity contribution in [2.75, 3.05) is 6.54 Å². The van der Waals surface area contributed by atoms with Crippen LogP contribution in [0.4, 0.5) is 0 Å². The maximum atomic E-state index is 10.4. The van der Waals surface area contributed by atoms with E-state index in [1.54, 1.807) is 0 Å². The average Bonchev–Trinajstić information content (AvgIpc) is 1.86. The Morgan fingerprint density at radius 1 is 1.55 bits per heavy atom. The molecule has 0 heterocycles. The fourth-order valence-corrected chi connectivity index (χ4v) is 0.762. The lowest BCUT2D eigenvalue weighted by Gasteiger charge is -2.10. The van der Waals surface area contributed by atoms with E-state index in [0.717, 1.165) is 12.8 Å². The number of carbonyl (C=O) groups is 1. The highest BCUT2D eigenvalue weighted by Crippen LogP contribution is 1.98. The second-order valence-electron chi connectivity index (χ2n) is 2.43. The van der Waals surface area contributed by atoms with E-state index in [4.69, 9.17) is 16.2 Å². The molecule has 0 aromatic carbocycles.